The minimum Gasteiger partial charge on any atom is -0.382 e. The van der Waals surface area contributed by atoms with Crippen molar-refractivity contribution < 1.29 is 18.0 Å². The molecule has 0 aliphatic heterocycles. The maximum absolute atomic E-state index is 12.1. The summed E-state index contributed by atoms with van der Waals surface area (Å²) in [6, 6.07) is 7.27. The molecule has 1 rings (SSSR count). The fraction of sp³-hybridized carbons (Fsp3) is 0.500. The molecule has 0 fully saturated rings. The number of rotatable bonds is 8. The molecule has 0 saturated heterocycles. The van der Waals surface area contributed by atoms with Crippen LogP contribution in [0, 0.1) is 0 Å². The van der Waals surface area contributed by atoms with Crippen molar-refractivity contribution in [3.63, 3.8) is 0 Å². The number of halogens is 3. The Morgan fingerprint density at radius 1 is 1.38 bits per heavy atom. The molecule has 1 unspecified atom stereocenters. The predicted molar refractivity (Wildman–Crippen MR) is 79.4 cm³/mol. The number of anilines is 1. The fourth-order valence-electron chi connectivity index (χ4n) is 1.81. The number of amides is 1. The van der Waals surface area contributed by atoms with Crippen LogP contribution in [0.15, 0.2) is 29.2 Å². The van der Waals surface area contributed by atoms with Gasteiger partial charge in [-0.3, -0.25) is 4.79 Å². The Balaban J connectivity index is 2.51. The van der Waals surface area contributed by atoms with Gasteiger partial charge in [0.25, 0.3) is 0 Å². The molecule has 0 heterocycles. The van der Waals surface area contributed by atoms with Gasteiger partial charge in [-0.1, -0.05) is 12.1 Å². The Labute approximate surface area is 126 Å². The lowest BCUT2D eigenvalue weighted by molar-refractivity contribution is -0.135. The van der Waals surface area contributed by atoms with E-state index in [1.165, 1.54) is 11.8 Å². The maximum Gasteiger partial charge on any atom is 0.389 e. The molecule has 0 radical (unpaired) electrons. The molecule has 118 valence electrons. The number of carbonyl (C=O) groups excluding carboxylic acids is 1. The summed E-state index contributed by atoms with van der Waals surface area (Å²) < 4.78 is 36.3. The van der Waals surface area contributed by atoms with Gasteiger partial charge in [-0.25, -0.2) is 0 Å². The summed E-state index contributed by atoms with van der Waals surface area (Å²) in [5.41, 5.74) is 5.92. The molecule has 7 heteroatoms. The third-order valence-corrected chi connectivity index (χ3v) is 3.85. The third-order valence-electron chi connectivity index (χ3n) is 2.76. The lowest BCUT2D eigenvalue weighted by Crippen LogP contribution is -2.17. The Kier molecular flexibility index (Phi) is 6.87. The van der Waals surface area contributed by atoms with Crippen molar-refractivity contribution in [3.05, 3.63) is 24.3 Å². The van der Waals surface area contributed by atoms with Gasteiger partial charge in [0.2, 0.25) is 5.91 Å². The summed E-state index contributed by atoms with van der Waals surface area (Å²) in [6.07, 6.45) is -4.35. The van der Waals surface area contributed by atoms with Gasteiger partial charge in [-0.05, 0) is 31.9 Å². The van der Waals surface area contributed by atoms with Gasteiger partial charge in [0.05, 0.1) is 5.75 Å². The lowest BCUT2D eigenvalue weighted by atomic mass is 10.1. The first kappa shape index (κ1) is 17.7. The van der Waals surface area contributed by atoms with E-state index in [0.29, 0.717) is 6.42 Å². The van der Waals surface area contributed by atoms with Crippen LogP contribution in [0.2, 0.25) is 0 Å². The molecule has 0 aliphatic carbocycles. The van der Waals surface area contributed by atoms with Crippen molar-refractivity contribution >= 4 is 23.4 Å². The summed E-state index contributed by atoms with van der Waals surface area (Å²) in [5.74, 6) is -0.241. The van der Waals surface area contributed by atoms with Gasteiger partial charge >= 0.3 is 6.18 Å². The summed E-state index contributed by atoms with van der Waals surface area (Å²) in [4.78, 5) is 11.7. The number of alkyl halides is 3. The largest absolute Gasteiger partial charge is 0.389 e. The Morgan fingerprint density at radius 3 is 2.67 bits per heavy atom. The maximum atomic E-state index is 12.1. The monoisotopic (exact) mass is 320 g/mol. The van der Waals surface area contributed by atoms with E-state index in [4.69, 9.17) is 5.73 Å². The van der Waals surface area contributed by atoms with Gasteiger partial charge in [0, 0.05) is 23.0 Å². The van der Waals surface area contributed by atoms with E-state index in [9.17, 15) is 18.0 Å². The minimum atomic E-state index is -4.10. The number of benzene rings is 1. The molecular weight excluding hydrogens is 301 g/mol. The number of primary amides is 1. The Hall–Kier alpha value is -1.37. The first-order chi connectivity index (χ1) is 9.78. The van der Waals surface area contributed by atoms with Gasteiger partial charge in [0.15, 0.2) is 0 Å². The second-order valence-electron chi connectivity index (χ2n) is 4.80. The van der Waals surface area contributed by atoms with Crippen molar-refractivity contribution in [2.45, 2.75) is 43.3 Å². The molecule has 1 amide bonds. The van der Waals surface area contributed by atoms with E-state index in [2.05, 4.69) is 5.32 Å². The number of carbonyl (C=O) groups is 1. The molecule has 0 spiro atoms. The fourth-order valence-corrected chi connectivity index (χ4v) is 2.56. The zero-order chi connectivity index (χ0) is 15.9. The second-order valence-corrected chi connectivity index (χ2v) is 5.82. The predicted octanol–water partition coefficient (Wildman–Crippen LogP) is 3.80. The van der Waals surface area contributed by atoms with E-state index in [1.54, 1.807) is 0 Å². The zero-order valence-corrected chi connectivity index (χ0v) is 12.6. The summed E-state index contributed by atoms with van der Waals surface area (Å²) in [6.45, 7) is 1.84. The first-order valence-corrected chi connectivity index (χ1v) is 7.60. The van der Waals surface area contributed by atoms with Crippen molar-refractivity contribution in [1.29, 1.82) is 0 Å². The molecule has 0 aromatic heterocycles. The highest BCUT2D eigenvalue weighted by Gasteiger charge is 2.26. The van der Waals surface area contributed by atoms with E-state index in [1.807, 2.05) is 31.2 Å². The molecule has 0 saturated carbocycles. The van der Waals surface area contributed by atoms with Crippen LogP contribution in [0.4, 0.5) is 18.9 Å². The Bertz CT molecular complexity index is 466. The third kappa shape index (κ3) is 7.84. The van der Waals surface area contributed by atoms with Crippen LogP contribution in [0.5, 0.6) is 0 Å². The number of nitrogens with one attached hydrogen (secondary N) is 1. The average Bonchev–Trinajstić information content (AvgIpc) is 2.36. The second kappa shape index (κ2) is 8.17. The number of thioether (sulfide) groups is 1. The van der Waals surface area contributed by atoms with Gasteiger partial charge in [-0.2, -0.15) is 13.2 Å². The number of para-hydroxylation sites is 1. The van der Waals surface area contributed by atoms with E-state index in [0.717, 1.165) is 10.6 Å². The number of nitrogens with two attached hydrogens (primary N) is 1. The quantitative estimate of drug-likeness (QED) is 0.716. The summed E-state index contributed by atoms with van der Waals surface area (Å²) in [7, 11) is 0. The van der Waals surface area contributed by atoms with E-state index in [-0.39, 0.29) is 18.2 Å². The van der Waals surface area contributed by atoms with Crippen LogP contribution < -0.4 is 11.1 Å². The van der Waals surface area contributed by atoms with Gasteiger partial charge < -0.3 is 11.1 Å². The Morgan fingerprint density at radius 2 is 2.05 bits per heavy atom. The molecule has 1 atom stereocenters. The number of hydrogen-bond donors (Lipinski definition) is 2. The van der Waals surface area contributed by atoms with Crippen LogP contribution in [0.3, 0.4) is 0 Å². The molecular formula is C14H19F3N2OS. The van der Waals surface area contributed by atoms with Gasteiger partial charge in [-0.15, -0.1) is 11.8 Å². The van der Waals surface area contributed by atoms with E-state index < -0.39 is 18.5 Å². The molecule has 0 aliphatic rings. The molecule has 0 bridgehead atoms. The SMILES string of the molecule is CC(CCCC(F)(F)F)Nc1ccccc1SCC(N)=O. The summed E-state index contributed by atoms with van der Waals surface area (Å²) >= 11 is 1.31. The highest BCUT2D eigenvalue weighted by molar-refractivity contribution is 8.00. The van der Waals surface area contributed by atoms with Crippen molar-refractivity contribution in [2.24, 2.45) is 5.73 Å². The highest BCUT2D eigenvalue weighted by atomic mass is 32.2. The molecule has 3 nitrogen and oxygen atoms in total. The normalized spacial score (nSPS) is 13.0. The van der Waals surface area contributed by atoms with E-state index >= 15 is 0 Å². The van der Waals surface area contributed by atoms with Crippen molar-refractivity contribution in [2.75, 3.05) is 11.1 Å². The summed E-state index contributed by atoms with van der Waals surface area (Å²) in [5, 5.41) is 3.18. The topological polar surface area (TPSA) is 55.1 Å². The standard InChI is InChI=1S/C14H19F3N2OS/c1-10(5-4-8-14(15,16)17)19-11-6-2-3-7-12(11)21-9-13(18)20/h2-3,6-7,10,19H,4-5,8-9H2,1H3,(H2,18,20). The lowest BCUT2D eigenvalue weighted by Gasteiger charge is -2.18. The minimum absolute atomic E-state index is 0.0809. The molecule has 1 aromatic carbocycles. The number of hydrogen-bond acceptors (Lipinski definition) is 3. The van der Waals surface area contributed by atoms with Crippen LogP contribution in [-0.4, -0.2) is 23.9 Å². The van der Waals surface area contributed by atoms with Crippen LogP contribution in [0.1, 0.15) is 26.2 Å². The molecule has 21 heavy (non-hydrogen) atoms. The smallest absolute Gasteiger partial charge is 0.382 e. The van der Waals surface area contributed by atoms with Crippen LogP contribution in [0.25, 0.3) is 0 Å². The first-order valence-electron chi connectivity index (χ1n) is 6.61. The average molecular weight is 320 g/mol. The van der Waals surface area contributed by atoms with Crippen molar-refractivity contribution in [1.82, 2.24) is 0 Å². The zero-order valence-electron chi connectivity index (χ0n) is 11.7. The molecule has 1 aromatic rings. The highest BCUT2D eigenvalue weighted by Crippen LogP contribution is 2.28. The van der Waals surface area contributed by atoms with Crippen LogP contribution in [-0.2, 0) is 4.79 Å². The van der Waals surface area contributed by atoms with Crippen LogP contribution >= 0.6 is 11.8 Å². The van der Waals surface area contributed by atoms with Crippen molar-refractivity contribution in [3.8, 4) is 0 Å². The van der Waals surface area contributed by atoms with Gasteiger partial charge in [0.1, 0.15) is 0 Å². The molecule has 3 N–H and O–H groups in total.